The fraction of sp³-hybridized carbons (Fsp3) is 0.667. The third kappa shape index (κ3) is 12.4. The van der Waals surface area contributed by atoms with E-state index < -0.39 is 0 Å². The minimum absolute atomic E-state index is 0.658. The molecule has 3 heterocycles. The molecule has 0 N–H and O–H groups in total. The van der Waals surface area contributed by atoms with E-state index in [1.54, 1.807) is 22.7 Å². The summed E-state index contributed by atoms with van der Waals surface area (Å²) in [7, 11) is 0. The van der Waals surface area contributed by atoms with Crippen molar-refractivity contribution in [3.05, 3.63) is 34.0 Å². The highest BCUT2D eigenvalue weighted by molar-refractivity contribution is 7.14. The van der Waals surface area contributed by atoms with Gasteiger partial charge in [0, 0.05) is 9.75 Å². The fourth-order valence-electron chi connectivity index (χ4n) is 6.59. The van der Waals surface area contributed by atoms with Gasteiger partial charge in [-0.3, -0.25) is 0 Å². The third-order valence-corrected chi connectivity index (χ3v) is 11.5. The maximum Gasteiger partial charge on any atom is 0.172 e. The molecule has 4 rings (SSSR count). The van der Waals surface area contributed by atoms with E-state index in [4.69, 9.17) is 14.1 Å². The Hall–Kier alpha value is -2.38. The Balaban J connectivity index is 1.72. The van der Waals surface area contributed by atoms with Gasteiger partial charge in [0.05, 0.1) is 24.3 Å². The molecule has 0 radical (unpaired) electrons. The summed E-state index contributed by atoms with van der Waals surface area (Å²) in [5.41, 5.74) is 6.27. The number of aryl methyl sites for hydroxylation is 2. The van der Waals surface area contributed by atoms with E-state index in [-0.39, 0.29) is 0 Å². The molecule has 0 fully saturated rings. The summed E-state index contributed by atoms with van der Waals surface area (Å²) >= 11 is 3.55. The molecule has 7 heteroatoms. The largest absolute Gasteiger partial charge is 0.489 e. The molecule has 272 valence electrons. The zero-order chi connectivity index (χ0) is 34.5. The molecular formula is C42H64N2O3S2. The predicted molar refractivity (Wildman–Crippen MR) is 212 cm³/mol. The average Bonchev–Trinajstić information content (AvgIpc) is 3.90. The van der Waals surface area contributed by atoms with Crippen LogP contribution >= 0.6 is 22.7 Å². The summed E-state index contributed by atoms with van der Waals surface area (Å²) in [5, 5.41) is 13.7. The molecule has 0 aliphatic carbocycles. The van der Waals surface area contributed by atoms with E-state index in [2.05, 4.69) is 60.9 Å². The molecule has 0 aliphatic rings. The van der Waals surface area contributed by atoms with Crippen molar-refractivity contribution in [3.8, 4) is 32.4 Å². The first-order chi connectivity index (χ1) is 24.2. The Morgan fingerprint density at radius 3 is 1.27 bits per heavy atom. The number of benzene rings is 1. The van der Waals surface area contributed by atoms with E-state index in [0.717, 1.165) is 69.1 Å². The minimum Gasteiger partial charge on any atom is -0.489 e. The highest BCUT2D eigenvalue weighted by Gasteiger charge is 2.29. The SMILES string of the molecule is CCCCCCCCOc1c(OCCCCCCCC)c(-c2cc(CCCCCC)cs2)c2nonc2c1-c1cc(CCCCCC)cs1. The van der Waals surface area contributed by atoms with Crippen LogP contribution in [0.2, 0.25) is 0 Å². The van der Waals surface area contributed by atoms with Gasteiger partial charge in [-0.1, -0.05) is 130 Å². The van der Waals surface area contributed by atoms with Gasteiger partial charge >= 0.3 is 0 Å². The summed E-state index contributed by atoms with van der Waals surface area (Å²) in [6.45, 7) is 10.4. The number of aromatic nitrogens is 2. The number of rotatable bonds is 28. The maximum atomic E-state index is 6.88. The first-order valence-corrected chi connectivity index (χ1v) is 21.7. The van der Waals surface area contributed by atoms with Gasteiger partial charge in [0.15, 0.2) is 11.5 Å². The highest BCUT2D eigenvalue weighted by Crippen LogP contribution is 2.52. The Labute approximate surface area is 305 Å². The topological polar surface area (TPSA) is 57.4 Å². The van der Waals surface area contributed by atoms with Crippen LogP contribution in [-0.2, 0) is 12.8 Å². The number of unbranched alkanes of at least 4 members (excludes halogenated alkanes) is 16. The molecule has 0 spiro atoms. The lowest BCUT2D eigenvalue weighted by atomic mass is 10.0. The lowest BCUT2D eigenvalue weighted by Crippen LogP contribution is -2.06. The summed E-state index contributed by atoms with van der Waals surface area (Å²) in [6.07, 6.45) is 26.9. The van der Waals surface area contributed by atoms with Crippen LogP contribution in [0.5, 0.6) is 11.5 Å². The number of hydrogen-bond acceptors (Lipinski definition) is 7. The van der Waals surface area contributed by atoms with E-state index in [9.17, 15) is 0 Å². The van der Waals surface area contributed by atoms with E-state index >= 15 is 0 Å². The van der Waals surface area contributed by atoms with Gasteiger partial charge in [-0.2, -0.15) is 0 Å². The van der Waals surface area contributed by atoms with Crippen LogP contribution in [0, 0.1) is 0 Å². The molecule has 49 heavy (non-hydrogen) atoms. The first kappa shape index (κ1) is 39.4. The summed E-state index contributed by atoms with van der Waals surface area (Å²) < 4.78 is 19.3. The van der Waals surface area contributed by atoms with Gasteiger partial charge in [-0.15, -0.1) is 22.7 Å². The van der Waals surface area contributed by atoms with Crippen LogP contribution in [0.4, 0.5) is 0 Å². The summed E-state index contributed by atoms with van der Waals surface area (Å²) in [4.78, 5) is 2.31. The van der Waals surface area contributed by atoms with Gasteiger partial charge in [0.2, 0.25) is 0 Å². The van der Waals surface area contributed by atoms with Crippen molar-refractivity contribution >= 4 is 33.7 Å². The molecule has 1 aromatic carbocycles. The maximum absolute atomic E-state index is 6.88. The second kappa shape index (κ2) is 23.2. The third-order valence-electron chi connectivity index (χ3n) is 9.55. The Morgan fingerprint density at radius 1 is 0.490 bits per heavy atom. The van der Waals surface area contributed by atoms with Crippen LogP contribution in [-0.4, -0.2) is 23.5 Å². The van der Waals surface area contributed by atoms with Crippen molar-refractivity contribution in [2.45, 2.75) is 169 Å². The lowest BCUT2D eigenvalue weighted by Gasteiger charge is -2.19. The van der Waals surface area contributed by atoms with Gasteiger partial charge in [-0.25, -0.2) is 4.63 Å². The standard InChI is InChI=1S/C42H64N2O3S2/c1-5-9-13-17-19-23-27-45-41-37(35-29-33(31-48-35)25-21-15-11-7-3)39-40(44-47-43-39)38(42(41)46-28-24-20-18-14-10-6-2)36-30-34(32-49-36)26-22-16-12-8-4/h29-32H,5-28H2,1-4H3. The predicted octanol–water partition coefficient (Wildman–Crippen LogP) is 14.4. The summed E-state index contributed by atoms with van der Waals surface area (Å²) in [6, 6.07) is 4.68. The van der Waals surface area contributed by atoms with Crippen molar-refractivity contribution in [3.63, 3.8) is 0 Å². The normalized spacial score (nSPS) is 11.6. The van der Waals surface area contributed by atoms with Crippen LogP contribution < -0.4 is 9.47 Å². The van der Waals surface area contributed by atoms with Crippen LogP contribution in [0.15, 0.2) is 27.5 Å². The molecule has 0 aliphatic heterocycles. The minimum atomic E-state index is 0.658. The number of hydrogen-bond donors (Lipinski definition) is 0. The Morgan fingerprint density at radius 2 is 0.857 bits per heavy atom. The van der Waals surface area contributed by atoms with Gasteiger partial charge in [-0.05, 0) is 82.9 Å². The Kier molecular flexibility index (Phi) is 18.6. The van der Waals surface area contributed by atoms with Crippen molar-refractivity contribution in [1.82, 2.24) is 10.3 Å². The molecule has 5 nitrogen and oxygen atoms in total. The number of thiophene rings is 2. The number of ether oxygens (including phenoxy) is 2. The van der Waals surface area contributed by atoms with Crippen molar-refractivity contribution in [1.29, 1.82) is 0 Å². The molecule has 0 unspecified atom stereocenters. The van der Waals surface area contributed by atoms with E-state index in [1.165, 1.54) is 127 Å². The van der Waals surface area contributed by atoms with E-state index in [0.29, 0.717) is 13.2 Å². The number of fused-ring (bicyclic) bond motifs is 1. The van der Waals surface area contributed by atoms with E-state index in [1.807, 2.05) is 0 Å². The van der Waals surface area contributed by atoms with Crippen molar-refractivity contribution in [2.75, 3.05) is 13.2 Å². The smallest absolute Gasteiger partial charge is 0.172 e. The first-order valence-electron chi connectivity index (χ1n) is 19.9. The second-order valence-electron chi connectivity index (χ2n) is 13.9. The molecule has 0 bridgehead atoms. The Bertz CT molecular complexity index is 1350. The monoisotopic (exact) mass is 708 g/mol. The van der Waals surface area contributed by atoms with Crippen LogP contribution in [0.1, 0.15) is 167 Å². The molecular weight excluding hydrogens is 645 g/mol. The highest BCUT2D eigenvalue weighted by atomic mass is 32.1. The molecule has 0 amide bonds. The molecule has 3 aromatic heterocycles. The lowest BCUT2D eigenvalue weighted by molar-refractivity contribution is 0.260. The van der Waals surface area contributed by atoms with Gasteiger partial charge in [0.1, 0.15) is 11.0 Å². The van der Waals surface area contributed by atoms with Crippen molar-refractivity contribution in [2.24, 2.45) is 0 Å². The zero-order valence-electron chi connectivity index (χ0n) is 31.2. The quantitative estimate of drug-likeness (QED) is 0.0550. The van der Waals surface area contributed by atoms with Gasteiger partial charge in [0.25, 0.3) is 0 Å². The summed E-state index contributed by atoms with van der Waals surface area (Å²) in [5.74, 6) is 1.63. The molecule has 0 saturated heterocycles. The van der Waals surface area contributed by atoms with Crippen LogP contribution in [0.3, 0.4) is 0 Å². The average molecular weight is 709 g/mol. The van der Waals surface area contributed by atoms with Crippen molar-refractivity contribution < 1.29 is 14.1 Å². The number of nitrogens with zero attached hydrogens (tertiary/aromatic N) is 2. The molecule has 0 atom stereocenters. The second-order valence-corrected chi connectivity index (χ2v) is 15.7. The molecule has 4 aromatic rings. The van der Waals surface area contributed by atoms with Gasteiger partial charge < -0.3 is 9.47 Å². The fourth-order valence-corrected chi connectivity index (χ4v) is 8.57. The van der Waals surface area contributed by atoms with Crippen LogP contribution in [0.25, 0.3) is 31.9 Å². The molecule has 0 saturated carbocycles. The zero-order valence-corrected chi connectivity index (χ0v) is 32.8.